The molecule has 0 spiro atoms. The van der Waals surface area contributed by atoms with Gasteiger partial charge in [0, 0.05) is 44.6 Å². The second-order valence-corrected chi connectivity index (χ2v) is 11.4. The van der Waals surface area contributed by atoms with Crippen molar-refractivity contribution in [2.45, 2.75) is 30.4 Å². The number of aryl methyl sites for hydroxylation is 1. The van der Waals surface area contributed by atoms with Crippen LogP contribution in [0.1, 0.15) is 35.7 Å². The Balaban J connectivity index is 1.50. The number of nitrogens with zero attached hydrogens (tertiary/aromatic N) is 2. The van der Waals surface area contributed by atoms with Crippen molar-refractivity contribution in [3.63, 3.8) is 0 Å². The molecule has 9 heteroatoms. The molecule has 1 aliphatic heterocycles. The van der Waals surface area contributed by atoms with Gasteiger partial charge in [-0.1, -0.05) is 31.2 Å². The van der Waals surface area contributed by atoms with Crippen LogP contribution in [-0.2, 0) is 21.2 Å². The van der Waals surface area contributed by atoms with Gasteiger partial charge < -0.3 is 4.90 Å². The highest BCUT2D eigenvalue weighted by Crippen LogP contribution is 2.29. The van der Waals surface area contributed by atoms with Gasteiger partial charge >= 0.3 is 0 Å². The first kappa shape index (κ1) is 22.1. The van der Waals surface area contributed by atoms with Crippen LogP contribution in [0.2, 0.25) is 0 Å². The highest BCUT2D eigenvalue weighted by Gasteiger charge is 2.31. The molecule has 1 amide bonds. The Morgan fingerprint density at radius 1 is 1.00 bits per heavy atom. The number of sulfonamides is 1. The number of ketones is 1. The lowest BCUT2D eigenvalue weighted by atomic mass is 10.0. The third-order valence-corrected chi connectivity index (χ3v) is 8.97. The van der Waals surface area contributed by atoms with Crippen LogP contribution < -0.4 is 0 Å². The maximum absolute atomic E-state index is 12.7. The van der Waals surface area contributed by atoms with Crippen molar-refractivity contribution in [3.05, 3.63) is 51.3 Å². The minimum absolute atomic E-state index is 0.0505. The van der Waals surface area contributed by atoms with Crippen LogP contribution >= 0.6 is 27.3 Å². The van der Waals surface area contributed by atoms with Gasteiger partial charge in [-0.05, 0) is 40.0 Å². The largest absolute Gasteiger partial charge is 0.340 e. The van der Waals surface area contributed by atoms with Gasteiger partial charge in [0.05, 0.1) is 3.79 Å². The molecule has 2 aromatic rings. The summed E-state index contributed by atoms with van der Waals surface area (Å²) in [6.07, 6.45) is 1.21. The molecule has 3 rings (SSSR count). The van der Waals surface area contributed by atoms with E-state index in [-0.39, 0.29) is 37.6 Å². The highest BCUT2D eigenvalue weighted by molar-refractivity contribution is 9.11. The molecule has 1 aromatic carbocycles. The lowest BCUT2D eigenvalue weighted by Crippen LogP contribution is -2.50. The van der Waals surface area contributed by atoms with Crippen LogP contribution in [0, 0.1) is 0 Å². The molecule has 6 nitrogen and oxygen atoms in total. The van der Waals surface area contributed by atoms with Gasteiger partial charge in [-0.3, -0.25) is 9.59 Å². The van der Waals surface area contributed by atoms with Crippen LogP contribution in [0.3, 0.4) is 0 Å². The molecule has 2 heterocycles. The van der Waals surface area contributed by atoms with E-state index < -0.39 is 10.0 Å². The minimum Gasteiger partial charge on any atom is -0.340 e. The van der Waals surface area contributed by atoms with Crippen molar-refractivity contribution >= 4 is 49.0 Å². The van der Waals surface area contributed by atoms with Gasteiger partial charge in [-0.25, -0.2) is 8.42 Å². The number of piperazine rings is 1. The third kappa shape index (κ3) is 5.33. The Labute approximate surface area is 183 Å². The summed E-state index contributed by atoms with van der Waals surface area (Å²) in [5.41, 5.74) is 1.79. The van der Waals surface area contributed by atoms with E-state index in [4.69, 9.17) is 0 Å². The van der Waals surface area contributed by atoms with Crippen LogP contribution in [0.15, 0.2) is 44.4 Å². The Morgan fingerprint density at radius 2 is 1.66 bits per heavy atom. The van der Waals surface area contributed by atoms with Crippen LogP contribution in [-0.4, -0.2) is 55.5 Å². The van der Waals surface area contributed by atoms with E-state index in [1.165, 1.54) is 21.2 Å². The molecule has 1 aliphatic rings. The number of halogens is 1. The van der Waals surface area contributed by atoms with Crippen LogP contribution in [0.25, 0.3) is 0 Å². The highest BCUT2D eigenvalue weighted by atomic mass is 79.9. The average molecular weight is 499 g/mol. The van der Waals surface area contributed by atoms with E-state index in [0.717, 1.165) is 10.2 Å². The summed E-state index contributed by atoms with van der Waals surface area (Å²) in [5, 5.41) is 0. The maximum Gasteiger partial charge on any atom is 0.252 e. The maximum atomic E-state index is 12.7. The van der Waals surface area contributed by atoms with Gasteiger partial charge in [0.1, 0.15) is 4.21 Å². The first-order chi connectivity index (χ1) is 13.8. The van der Waals surface area contributed by atoms with E-state index in [0.29, 0.717) is 22.9 Å². The number of carbonyl (C=O) groups is 2. The molecule has 0 bridgehead atoms. The first-order valence-electron chi connectivity index (χ1n) is 9.46. The number of benzene rings is 1. The van der Waals surface area contributed by atoms with Gasteiger partial charge in [0.15, 0.2) is 5.78 Å². The summed E-state index contributed by atoms with van der Waals surface area (Å²) in [7, 11) is -3.53. The molecule has 1 saturated heterocycles. The number of thiophene rings is 1. The quantitative estimate of drug-likeness (QED) is 0.546. The van der Waals surface area contributed by atoms with Gasteiger partial charge in [-0.15, -0.1) is 11.3 Å². The molecule has 156 valence electrons. The van der Waals surface area contributed by atoms with E-state index in [1.54, 1.807) is 29.2 Å². The topological polar surface area (TPSA) is 74.8 Å². The molecule has 29 heavy (non-hydrogen) atoms. The van der Waals surface area contributed by atoms with E-state index in [1.807, 2.05) is 12.1 Å². The molecule has 0 atom stereocenters. The Hall–Kier alpha value is -1.55. The van der Waals surface area contributed by atoms with Crippen molar-refractivity contribution < 1.29 is 18.0 Å². The van der Waals surface area contributed by atoms with E-state index in [2.05, 4.69) is 22.9 Å². The molecular weight excluding hydrogens is 476 g/mol. The van der Waals surface area contributed by atoms with Gasteiger partial charge in [0.25, 0.3) is 10.0 Å². The van der Waals surface area contributed by atoms with Crippen LogP contribution in [0.4, 0.5) is 0 Å². The number of carbonyl (C=O) groups excluding carboxylic acids is 2. The monoisotopic (exact) mass is 498 g/mol. The normalized spacial score (nSPS) is 15.4. The van der Waals surface area contributed by atoms with Crippen molar-refractivity contribution in [1.29, 1.82) is 0 Å². The zero-order valence-electron chi connectivity index (χ0n) is 16.1. The first-order valence-corrected chi connectivity index (χ1v) is 12.5. The lowest BCUT2D eigenvalue weighted by molar-refractivity contribution is -0.132. The van der Waals surface area contributed by atoms with Gasteiger partial charge in [0.2, 0.25) is 5.91 Å². The van der Waals surface area contributed by atoms with E-state index in [9.17, 15) is 18.0 Å². The fourth-order valence-corrected chi connectivity index (χ4v) is 6.78. The predicted octanol–water partition coefficient (Wildman–Crippen LogP) is 3.57. The fourth-order valence-electron chi connectivity index (χ4n) is 3.19. The summed E-state index contributed by atoms with van der Waals surface area (Å²) < 4.78 is 27.8. The molecule has 0 N–H and O–H groups in total. The molecule has 1 aromatic heterocycles. The number of hydrogen-bond donors (Lipinski definition) is 0. The lowest BCUT2D eigenvalue weighted by Gasteiger charge is -2.33. The van der Waals surface area contributed by atoms with Crippen molar-refractivity contribution in [1.82, 2.24) is 9.21 Å². The third-order valence-electron chi connectivity index (χ3n) is 4.98. The minimum atomic E-state index is -3.53. The number of hydrogen-bond acceptors (Lipinski definition) is 5. The zero-order chi connectivity index (χ0) is 21.0. The van der Waals surface area contributed by atoms with Crippen molar-refractivity contribution in [3.8, 4) is 0 Å². The number of Topliss-reactive ketones (excluding diaryl/α,β-unsaturated/α-hetero) is 1. The SMILES string of the molecule is CCc1ccc(C(=O)CCC(=O)N2CCN(S(=O)(=O)c3ccc(Br)s3)CC2)cc1. The summed E-state index contributed by atoms with van der Waals surface area (Å²) in [6, 6.07) is 10.8. The predicted molar refractivity (Wildman–Crippen MR) is 117 cm³/mol. The Bertz CT molecular complexity index is 978. The molecule has 0 saturated carbocycles. The second-order valence-electron chi connectivity index (χ2n) is 6.82. The van der Waals surface area contributed by atoms with Crippen molar-refractivity contribution in [2.24, 2.45) is 0 Å². The molecular formula is C20H23BrN2O4S2. The molecule has 0 unspecified atom stereocenters. The molecule has 0 radical (unpaired) electrons. The number of amides is 1. The number of rotatable bonds is 7. The summed E-state index contributed by atoms with van der Waals surface area (Å²) in [6.45, 7) is 3.25. The summed E-state index contributed by atoms with van der Waals surface area (Å²) >= 11 is 4.46. The second kappa shape index (κ2) is 9.51. The van der Waals surface area contributed by atoms with Crippen LogP contribution in [0.5, 0.6) is 0 Å². The smallest absolute Gasteiger partial charge is 0.252 e. The molecule has 0 aliphatic carbocycles. The standard InChI is InChI=1S/C20H23BrN2O4S2/c1-2-15-3-5-16(6-4-15)17(24)7-9-19(25)22-11-13-23(14-12-22)29(26,27)20-10-8-18(21)28-20/h3-6,8,10H,2,7,9,11-14H2,1H3. The fraction of sp³-hybridized carbons (Fsp3) is 0.400. The summed E-state index contributed by atoms with van der Waals surface area (Å²) in [4.78, 5) is 26.4. The average Bonchev–Trinajstić information content (AvgIpc) is 3.19. The Kier molecular flexibility index (Phi) is 7.26. The zero-order valence-corrected chi connectivity index (χ0v) is 19.4. The van der Waals surface area contributed by atoms with E-state index >= 15 is 0 Å². The molecule has 1 fully saturated rings. The summed E-state index contributed by atoms with van der Waals surface area (Å²) in [5.74, 6) is -0.162. The Morgan fingerprint density at radius 3 is 2.21 bits per heavy atom. The van der Waals surface area contributed by atoms with Gasteiger partial charge in [-0.2, -0.15) is 4.31 Å². The van der Waals surface area contributed by atoms with Crippen molar-refractivity contribution in [2.75, 3.05) is 26.2 Å².